The predicted molar refractivity (Wildman–Crippen MR) is 74.3 cm³/mol. The molecule has 17 heavy (non-hydrogen) atoms. The van der Waals surface area contributed by atoms with Crippen molar-refractivity contribution in [1.82, 2.24) is 0 Å². The van der Waals surface area contributed by atoms with Gasteiger partial charge in [0.15, 0.2) is 0 Å². The molecule has 1 fully saturated rings. The molecule has 1 aromatic carbocycles. The van der Waals surface area contributed by atoms with Crippen molar-refractivity contribution in [3.8, 4) is 0 Å². The van der Waals surface area contributed by atoms with Crippen molar-refractivity contribution >= 4 is 11.6 Å². The zero-order valence-electron chi connectivity index (χ0n) is 10.6. The summed E-state index contributed by atoms with van der Waals surface area (Å²) in [6, 6.07) is 8.23. The molecule has 0 unspecified atom stereocenters. The summed E-state index contributed by atoms with van der Waals surface area (Å²) in [6.07, 6.45) is 6.30. The molecule has 0 heterocycles. The van der Waals surface area contributed by atoms with Gasteiger partial charge in [0, 0.05) is 5.02 Å². The highest BCUT2D eigenvalue weighted by Crippen LogP contribution is 2.40. The summed E-state index contributed by atoms with van der Waals surface area (Å²) in [5.74, 6) is 0.875. The molecule has 2 heteroatoms. The van der Waals surface area contributed by atoms with Gasteiger partial charge in [0.05, 0.1) is 0 Å². The first-order chi connectivity index (χ1) is 8.13. The van der Waals surface area contributed by atoms with E-state index >= 15 is 0 Å². The quantitative estimate of drug-likeness (QED) is 0.862. The lowest BCUT2D eigenvalue weighted by Crippen LogP contribution is -2.36. The Morgan fingerprint density at radius 2 is 1.82 bits per heavy atom. The predicted octanol–water partition coefficient (Wildman–Crippen LogP) is 4.04. The van der Waals surface area contributed by atoms with Crippen molar-refractivity contribution in [3.63, 3.8) is 0 Å². The summed E-state index contributed by atoms with van der Waals surface area (Å²) in [4.78, 5) is 0. The largest absolute Gasteiger partial charge is 0.330 e. The molecule has 1 nitrogen and oxygen atoms in total. The minimum Gasteiger partial charge on any atom is -0.330 e. The second-order valence-electron chi connectivity index (χ2n) is 5.69. The van der Waals surface area contributed by atoms with E-state index < -0.39 is 0 Å². The molecule has 0 radical (unpaired) electrons. The maximum atomic E-state index is 6.04. The fourth-order valence-electron chi connectivity index (χ4n) is 2.86. The van der Waals surface area contributed by atoms with E-state index in [0.717, 1.165) is 23.9 Å². The van der Waals surface area contributed by atoms with Crippen LogP contribution < -0.4 is 5.73 Å². The van der Waals surface area contributed by atoms with Crippen LogP contribution in [0.4, 0.5) is 0 Å². The van der Waals surface area contributed by atoms with Crippen molar-refractivity contribution in [2.75, 3.05) is 6.54 Å². The van der Waals surface area contributed by atoms with E-state index in [0.29, 0.717) is 5.41 Å². The Morgan fingerprint density at radius 3 is 2.35 bits per heavy atom. The number of nitrogens with two attached hydrogens (primary N) is 1. The van der Waals surface area contributed by atoms with Crippen LogP contribution in [0.2, 0.25) is 5.02 Å². The third-order valence-corrected chi connectivity index (χ3v) is 4.51. The zero-order chi connectivity index (χ0) is 12.3. The number of rotatable bonds is 3. The Kier molecular flexibility index (Phi) is 4.11. The van der Waals surface area contributed by atoms with Crippen molar-refractivity contribution in [2.45, 2.75) is 39.0 Å². The Bertz CT molecular complexity index is 350. The highest BCUT2D eigenvalue weighted by molar-refractivity contribution is 6.30. The molecule has 0 amide bonds. The van der Waals surface area contributed by atoms with Gasteiger partial charge in [-0.3, -0.25) is 0 Å². The monoisotopic (exact) mass is 251 g/mol. The van der Waals surface area contributed by atoms with Crippen molar-refractivity contribution < 1.29 is 0 Å². The summed E-state index contributed by atoms with van der Waals surface area (Å²) < 4.78 is 0. The fraction of sp³-hybridized carbons (Fsp3) is 0.600. The maximum absolute atomic E-state index is 6.04. The van der Waals surface area contributed by atoms with E-state index in [9.17, 15) is 0 Å². The van der Waals surface area contributed by atoms with E-state index in [4.69, 9.17) is 17.3 Å². The van der Waals surface area contributed by atoms with E-state index in [-0.39, 0.29) is 0 Å². The minimum atomic E-state index is 0.334. The molecular formula is C15H22ClN. The van der Waals surface area contributed by atoms with Crippen LogP contribution in [0.25, 0.3) is 0 Å². The van der Waals surface area contributed by atoms with Gasteiger partial charge in [0.2, 0.25) is 0 Å². The lowest BCUT2D eigenvalue weighted by Gasteiger charge is -2.38. The maximum Gasteiger partial charge on any atom is 0.0406 e. The first-order valence-electron chi connectivity index (χ1n) is 6.58. The lowest BCUT2D eigenvalue weighted by atomic mass is 9.68. The Labute approximate surface area is 109 Å². The number of hydrogen-bond acceptors (Lipinski definition) is 1. The van der Waals surface area contributed by atoms with Gasteiger partial charge in [0.1, 0.15) is 0 Å². The molecule has 0 aliphatic heterocycles. The summed E-state index contributed by atoms with van der Waals surface area (Å²) in [6.45, 7) is 3.16. The summed E-state index contributed by atoms with van der Waals surface area (Å²) in [5, 5.41) is 0.813. The van der Waals surface area contributed by atoms with Crippen LogP contribution in [0.3, 0.4) is 0 Å². The topological polar surface area (TPSA) is 26.0 Å². The molecule has 1 aliphatic carbocycles. The first kappa shape index (κ1) is 12.9. The van der Waals surface area contributed by atoms with Crippen LogP contribution in [0.15, 0.2) is 24.3 Å². The highest BCUT2D eigenvalue weighted by atomic mass is 35.5. The molecular weight excluding hydrogens is 230 g/mol. The van der Waals surface area contributed by atoms with E-state index in [2.05, 4.69) is 19.1 Å². The molecule has 0 bridgehead atoms. The number of benzene rings is 1. The average Bonchev–Trinajstić information content (AvgIpc) is 2.35. The van der Waals surface area contributed by atoms with Gasteiger partial charge in [-0.25, -0.2) is 0 Å². The van der Waals surface area contributed by atoms with Crippen LogP contribution in [0.5, 0.6) is 0 Å². The smallest absolute Gasteiger partial charge is 0.0406 e. The van der Waals surface area contributed by atoms with Gasteiger partial charge in [-0.15, -0.1) is 0 Å². The SMILES string of the molecule is CC1CCC(CN)(Cc2ccc(Cl)cc2)CC1. The molecule has 0 atom stereocenters. The van der Waals surface area contributed by atoms with Gasteiger partial charge in [0.25, 0.3) is 0 Å². The summed E-state index contributed by atoms with van der Waals surface area (Å²) >= 11 is 5.92. The van der Waals surface area contributed by atoms with E-state index in [1.165, 1.54) is 31.2 Å². The van der Waals surface area contributed by atoms with Crippen LogP contribution in [0, 0.1) is 11.3 Å². The molecule has 1 saturated carbocycles. The lowest BCUT2D eigenvalue weighted by molar-refractivity contribution is 0.163. The molecule has 1 aromatic rings. The van der Waals surface area contributed by atoms with E-state index in [1.807, 2.05) is 12.1 Å². The van der Waals surface area contributed by atoms with Gasteiger partial charge in [-0.05, 0) is 54.8 Å². The fourth-order valence-corrected chi connectivity index (χ4v) is 2.99. The highest BCUT2D eigenvalue weighted by Gasteiger charge is 2.32. The Balaban J connectivity index is 2.06. The molecule has 2 N–H and O–H groups in total. The Hall–Kier alpha value is -0.530. The second-order valence-corrected chi connectivity index (χ2v) is 6.13. The normalized spacial score (nSPS) is 29.2. The second kappa shape index (κ2) is 5.41. The van der Waals surface area contributed by atoms with Crippen LogP contribution >= 0.6 is 11.6 Å². The van der Waals surface area contributed by atoms with E-state index in [1.54, 1.807) is 0 Å². The van der Waals surface area contributed by atoms with Crippen molar-refractivity contribution in [2.24, 2.45) is 17.1 Å². The average molecular weight is 252 g/mol. The van der Waals surface area contributed by atoms with Gasteiger partial charge in [-0.2, -0.15) is 0 Å². The molecule has 0 aromatic heterocycles. The van der Waals surface area contributed by atoms with Crippen molar-refractivity contribution in [3.05, 3.63) is 34.9 Å². The molecule has 0 spiro atoms. The van der Waals surface area contributed by atoms with Crippen LogP contribution in [-0.4, -0.2) is 6.54 Å². The molecule has 94 valence electrons. The number of hydrogen-bond donors (Lipinski definition) is 1. The molecule has 0 saturated heterocycles. The third-order valence-electron chi connectivity index (χ3n) is 4.26. The third kappa shape index (κ3) is 3.23. The Morgan fingerprint density at radius 1 is 1.24 bits per heavy atom. The standard InChI is InChI=1S/C15H22ClN/c1-12-6-8-15(11-17,9-7-12)10-13-2-4-14(16)5-3-13/h2-5,12H,6-11,17H2,1H3. The van der Waals surface area contributed by atoms with Crippen LogP contribution in [0.1, 0.15) is 38.2 Å². The first-order valence-corrected chi connectivity index (χ1v) is 6.96. The van der Waals surface area contributed by atoms with Crippen LogP contribution in [-0.2, 0) is 6.42 Å². The molecule has 2 rings (SSSR count). The molecule has 1 aliphatic rings. The number of halogens is 1. The minimum absolute atomic E-state index is 0.334. The summed E-state index contributed by atoms with van der Waals surface area (Å²) in [7, 11) is 0. The van der Waals surface area contributed by atoms with Gasteiger partial charge >= 0.3 is 0 Å². The van der Waals surface area contributed by atoms with Gasteiger partial charge in [-0.1, -0.05) is 43.5 Å². The van der Waals surface area contributed by atoms with Gasteiger partial charge < -0.3 is 5.73 Å². The zero-order valence-corrected chi connectivity index (χ0v) is 11.3. The van der Waals surface area contributed by atoms with Crippen molar-refractivity contribution in [1.29, 1.82) is 0 Å². The summed E-state index contributed by atoms with van der Waals surface area (Å²) in [5.41, 5.74) is 7.74.